The van der Waals surface area contributed by atoms with Gasteiger partial charge in [-0.1, -0.05) is 12.1 Å². The molecule has 0 aliphatic carbocycles. The lowest BCUT2D eigenvalue weighted by Gasteiger charge is -2.13. The molecule has 1 aromatic heterocycles. The van der Waals surface area contributed by atoms with Gasteiger partial charge in [-0.15, -0.1) is 0 Å². The third-order valence-electron chi connectivity index (χ3n) is 4.78. The summed E-state index contributed by atoms with van der Waals surface area (Å²) in [5.41, 5.74) is 4.57. The van der Waals surface area contributed by atoms with Crippen molar-refractivity contribution >= 4 is 17.6 Å². The highest BCUT2D eigenvalue weighted by molar-refractivity contribution is 6.10. The van der Waals surface area contributed by atoms with Gasteiger partial charge in [-0.3, -0.25) is 15.1 Å². The molecule has 0 unspecified atom stereocenters. The Bertz CT molecular complexity index is 1100. The van der Waals surface area contributed by atoms with Crippen LogP contribution < -0.4 is 20.1 Å². The minimum atomic E-state index is -0.297. The zero-order valence-electron chi connectivity index (χ0n) is 16.8. The number of nitrogens with zero attached hydrogens (tertiary/aromatic N) is 2. The number of aryl methyl sites for hydroxylation is 2. The van der Waals surface area contributed by atoms with Crippen molar-refractivity contribution in [3.05, 3.63) is 83.2 Å². The summed E-state index contributed by atoms with van der Waals surface area (Å²) in [6, 6.07) is 14.9. The van der Waals surface area contributed by atoms with Crippen LogP contribution in [0.5, 0.6) is 11.5 Å². The second kappa shape index (κ2) is 8.65. The molecule has 0 atom stereocenters. The van der Waals surface area contributed by atoms with Gasteiger partial charge in [0.25, 0.3) is 5.91 Å². The van der Waals surface area contributed by atoms with Crippen LogP contribution in [-0.4, -0.2) is 23.6 Å². The molecule has 2 heterocycles. The van der Waals surface area contributed by atoms with Crippen molar-refractivity contribution in [1.82, 2.24) is 10.3 Å². The summed E-state index contributed by atoms with van der Waals surface area (Å²) in [5, 5.41) is 6.07. The molecule has 0 radical (unpaired) electrons. The van der Waals surface area contributed by atoms with Gasteiger partial charge in [0.2, 0.25) is 12.8 Å². The maximum Gasteiger partial charge on any atom is 0.258 e. The Morgan fingerprint density at radius 1 is 1.07 bits per heavy atom. The van der Waals surface area contributed by atoms with Gasteiger partial charge in [0.05, 0.1) is 6.54 Å². The second-order valence-corrected chi connectivity index (χ2v) is 6.97. The number of fused-ring (bicyclic) bond motifs is 1. The van der Waals surface area contributed by atoms with E-state index in [1.165, 1.54) is 5.56 Å². The molecule has 0 bridgehead atoms. The van der Waals surface area contributed by atoms with Crippen LogP contribution in [0, 0.1) is 13.8 Å². The Balaban J connectivity index is 1.55. The lowest BCUT2D eigenvalue weighted by atomic mass is 10.1. The van der Waals surface area contributed by atoms with Crippen molar-refractivity contribution in [3.63, 3.8) is 0 Å². The van der Waals surface area contributed by atoms with Gasteiger partial charge < -0.3 is 14.8 Å². The van der Waals surface area contributed by atoms with E-state index in [-0.39, 0.29) is 12.7 Å². The summed E-state index contributed by atoms with van der Waals surface area (Å²) in [7, 11) is 0. The summed E-state index contributed by atoms with van der Waals surface area (Å²) >= 11 is 0. The summed E-state index contributed by atoms with van der Waals surface area (Å²) in [6.07, 6.45) is 3.46. The summed E-state index contributed by atoms with van der Waals surface area (Å²) < 4.78 is 10.7. The molecule has 4 rings (SSSR count). The fraction of sp³-hybridized carbons (Fsp3) is 0.174. The normalized spacial score (nSPS) is 12.5. The maximum atomic E-state index is 12.8. The number of carbonyl (C=O) groups is 1. The number of ether oxygens (including phenoxy) is 2. The first-order chi connectivity index (χ1) is 14.6. The van der Waals surface area contributed by atoms with Crippen LogP contribution in [0.15, 0.2) is 65.9 Å². The highest BCUT2D eigenvalue weighted by Gasteiger charge is 2.17. The molecule has 30 heavy (non-hydrogen) atoms. The number of nitrogens with one attached hydrogen (secondary N) is 2. The van der Waals surface area contributed by atoms with Gasteiger partial charge in [0.1, 0.15) is 0 Å². The van der Waals surface area contributed by atoms with E-state index in [0.29, 0.717) is 29.6 Å². The number of pyridine rings is 1. The molecule has 7 nitrogen and oxygen atoms in total. The standard InChI is InChI=1S/C23H22N4O3/c1-15-5-7-19(10-16(15)2)26-23(25-13-17-4-3-9-24-12-17)27-22(28)18-6-8-20-21(11-18)30-14-29-20/h3-12H,13-14H2,1-2H3,(H2,25,26,27,28). The highest BCUT2D eigenvalue weighted by Crippen LogP contribution is 2.32. The van der Waals surface area contributed by atoms with Gasteiger partial charge in [0, 0.05) is 23.6 Å². The Morgan fingerprint density at radius 3 is 2.73 bits per heavy atom. The minimum absolute atomic E-state index is 0.159. The smallest absolute Gasteiger partial charge is 0.258 e. The molecule has 1 amide bonds. The monoisotopic (exact) mass is 402 g/mol. The van der Waals surface area contributed by atoms with Crippen LogP contribution in [-0.2, 0) is 6.54 Å². The van der Waals surface area contributed by atoms with E-state index in [2.05, 4.69) is 27.5 Å². The Morgan fingerprint density at radius 2 is 1.93 bits per heavy atom. The lowest BCUT2D eigenvalue weighted by Crippen LogP contribution is -2.36. The SMILES string of the molecule is Cc1ccc(NC(=NCc2cccnc2)NC(=O)c2ccc3c(c2)OCO3)cc1C. The van der Waals surface area contributed by atoms with Crippen molar-refractivity contribution in [2.24, 2.45) is 4.99 Å². The molecule has 7 heteroatoms. The third-order valence-corrected chi connectivity index (χ3v) is 4.78. The number of hydrogen-bond donors (Lipinski definition) is 2. The molecule has 0 spiro atoms. The average Bonchev–Trinajstić information content (AvgIpc) is 3.23. The second-order valence-electron chi connectivity index (χ2n) is 6.97. The van der Waals surface area contributed by atoms with Crippen LogP contribution in [0.1, 0.15) is 27.0 Å². The van der Waals surface area contributed by atoms with E-state index in [4.69, 9.17) is 9.47 Å². The van der Waals surface area contributed by atoms with Gasteiger partial charge in [-0.25, -0.2) is 4.99 Å². The molecule has 0 saturated carbocycles. The van der Waals surface area contributed by atoms with Crippen LogP contribution in [0.25, 0.3) is 0 Å². The number of rotatable bonds is 4. The number of guanidine groups is 1. The lowest BCUT2D eigenvalue weighted by molar-refractivity contribution is 0.0976. The Labute approximate surface area is 174 Å². The first-order valence-corrected chi connectivity index (χ1v) is 9.57. The molecular weight excluding hydrogens is 380 g/mol. The van der Waals surface area contributed by atoms with Crippen LogP contribution in [0.2, 0.25) is 0 Å². The fourth-order valence-corrected chi connectivity index (χ4v) is 2.95. The van der Waals surface area contributed by atoms with E-state index in [1.807, 2.05) is 37.3 Å². The van der Waals surface area contributed by atoms with E-state index < -0.39 is 0 Å². The summed E-state index contributed by atoms with van der Waals surface area (Å²) in [4.78, 5) is 21.5. The third kappa shape index (κ3) is 4.57. The summed E-state index contributed by atoms with van der Waals surface area (Å²) in [6.45, 7) is 4.63. The van der Waals surface area contributed by atoms with E-state index in [0.717, 1.165) is 16.8 Å². The van der Waals surface area contributed by atoms with Gasteiger partial charge in [-0.05, 0) is 66.9 Å². The predicted molar refractivity (Wildman–Crippen MR) is 115 cm³/mol. The van der Waals surface area contributed by atoms with Crippen molar-refractivity contribution in [3.8, 4) is 11.5 Å². The van der Waals surface area contributed by atoms with E-state index >= 15 is 0 Å². The number of carbonyl (C=O) groups excluding carboxylic acids is 1. The number of aliphatic imine (C=N–C) groups is 1. The molecule has 1 aliphatic rings. The van der Waals surface area contributed by atoms with Crippen molar-refractivity contribution < 1.29 is 14.3 Å². The predicted octanol–water partition coefficient (Wildman–Crippen LogP) is 3.83. The first kappa shape index (κ1) is 19.4. The van der Waals surface area contributed by atoms with E-state index in [9.17, 15) is 4.79 Å². The average molecular weight is 402 g/mol. The zero-order valence-corrected chi connectivity index (χ0v) is 16.8. The molecule has 2 aromatic carbocycles. The molecule has 2 N–H and O–H groups in total. The molecule has 152 valence electrons. The van der Waals surface area contributed by atoms with E-state index in [1.54, 1.807) is 30.6 Å². The molecular formula is C23H22N4O3. The van der Waals surface area contributed by atoms with Crippen LogP contribution in [0.3, 0.4) is 0 Å². The molecule has 3 aromatic rings. The molecule has 0 saturated heterocycles. The van der Waals surface area contributed by atoms with Gasteiger partial charge in [-0.2, -0.15) is 0 Å². The fourth-order valence-electron chi connectivity index (χ4n) is 2.95. The number of aromatic nitrogens is 1. The summed E-state index contributed by atoms with van der Waals surface area (Å²) in [5.74, 6) is 1.24. The van der Waals surface area contributed by atoms with Gasteiger partial charge in [0.15, 0.2) is 11.5 Å². The number of benzene rings is 2. The topological polar surface area (TPSA) is 84.8 Å². The molecule has 0 fully saturated rings. The number of anilines is 1. The van der Waals surface area contributed by atoms with Crippen molar-refractivity contribution in [2.45, 2.75) is 20.4 Å². The van der Waals surface area contributed by atoms with Gasteiger partial charge >= 0.3 is 0 Å². The van der Waals surface area contributed by atoms with Crippen LogP contribution >= 0.6 is 0 Å². The Kier molecular flexibility index (Phi) is 5.61. The quantitative estimate of drug-likeness (QED) is 0.512. The largest absolute Gasteiger partial charge is 0.454 e. The zero-order chi connectivity index (χ0) is 20.9. The van der Waals surface area contributed by atoms with Crippen molar-refractivity contribution in [1.29, 1.82) is 0 Å². The Hall–Kier alpha value is -3.87. The van der Waals surface area contributed by atoms with Crippen LogP contribution in [0.4, 0.5) is 5.69 Å². The number of amides is 1. The minimum Gasteiger partial charge on any atom is -0.454 e. The first-order valence-electron chi connectivity index (χ1n) is 9.57. The van der Waals surface area contributed by atoms with Crippen molar-refractivity contribution in [2.75, 3.05) is 12.1 Å². The highest BCUT2D eigenvalue weighted by atomic mass is 16.7. The molecule has 1 aliphatic heterocycles. The number of hydrogen-bond acceptors (Lipinski definition) is 5. The maximum absolute atomic E-state index is 12.8.